The molecule has 25 heavy (non-hydrogen) atoms. The van der Waals surface area contributed by atoms with Crippen LogP contribution in [0.1, 0.15) is 5.56 Å². The number of fused-ring (bicyclic) bond motifs is 1. The first-order valence-electron chi connectivity index (χ1n) is 7.75. The second-order valence-corrected chi connectivity index (χ2v) is 8.31. The van der Waals surface area contributed by atoms with Crippen LogP contribution in [0.25, 0.3) is 0 Å². The smallest absolute Gasteiger partial charge is 0.326 e. The van der Waals surface area contributed by atoms with Crippen molar-refractivity contribution in [2.75, 3.05) is 11.1 Å². The van der Waals surface area contributed by atoms with Gasteiger partial charge < -0.3 is 15.3 Å². The number of carbonyl (C=O) groups is 3. The number of rotatable bonds is 5. The van der Waals surface area contributed by atoms with Crippen molar-refractivity contribution in [2.24, 2.45) is 5.92 Å². The third kappa shape index (κ3) is 3.35. The molecule has 2 aliphatic heterocycles. The number of β-lactam (4-membered cyclic amide) rings is 1. The second-order valence-electron chi connectivity index (χ2n) is 6.09. The van der Waals surface area contributed by atoms with Gasteiger partial charge in [-0.15, -0.1) is 0 Å². The molecule has 2 unspecified atom stereocenters. The molecule has 2 N–H and O–H groups in total. The number of nitrogens with zero attached hydrogens (tertiary/aromatic N) is 1. The van der Waals surface area contributed by atoms with E-state index in [-0.39, 0.29) is 18.1 Å². The number of benzene rings is 1. The predicted molar refractivity (Wildman–Crippen MR) is 94.4 cm³/mol. The van der Waals surface area contributed by atoms with E-state index in [1.807, 2.05) is 18.2 Å². The van der Waals surface area contributed by atoms with Gasteiger partial charge in [0.05, 0.1) is 6.42 Å². The molecule has 2 amide bonds. The average molecular weight is 429 g/mol. The Morgan fingerprint density at radius 1 is 1.32 bits per heavy atom. The van der Waals surface area contributed by atoms with E-state index < -0.39 is 46.1 Å². The summed E-state index contributed by atoms with van der Waals surface area (Å²) in [5.74, 6) is -2.19. The second kappa shape index (κ2) is 7.25. The maximum atomic E-state index is 12.4. The summed E-state index contributed by atoms with van der Waals surface area (Å²) in [6, 6.07) is 7.13. The van der Waals surface area contributed by atoms with Gasteiger partial charge in [-0.25, -0.2) is 4.79 Å². The highest BCUT2D eigenvalue weighted by Gasteiger charge is 2.60. The quantitative estimate of drug-likeness (QED) is 0.511. The van der Waals surface area contributed by atoms with Crippen molar-refractivity contribution in [2.45, 2.75) is 23.9 Å². The highest BCUT2D eigenvalue weighted by atomic mass is 79.9. The summed E-state index contributed by atoms with van der Waals surface area (Å²) in [4.78, 5) is 37.3. The number of carboxylic acid groups (broad SMARTS) is 1. The van der Waals surface area contributed by atoms with E-state index in [0.29, 0.717) is 5.33 Å². The molecule has 2 heterocycles. The topological polar surface area (TPSA) is 104 Å². The van der Waals surface area contributed by atoms with Crippen LogP contribution < -0.4 is 5.32 Å². The normalized spacial score (nSPS) is 31.0. The van der Waals surface area contributed by atoms with Crippen LogP contribution in [-0.4, -0.2) is 60.5 Å². The summed E-state index contributed by atoms with van der Waals surface area (Å²) >= 11 is 3.23. The lowest BCUT2D eigenvalue weighted by molar-refractivity contribution is -0.165. The lowest BCUT2D eigenvalue weighted by Crippen LogP contribution is -2.79. The maximum absolute atomic E-state index is 12.4. The summed E-state index contributed by atoms with van der Waals surface area (Å²) in [7, 11) is -1.41. The number of aliphatic carboxylic acids is 1. The number of hydrogen-bond acceptors (Lipinski definition) is 4. The van der Waals surface area contributed by atoms with Crippen LogP contribution in [0.2, 0.25) is 0 Å². The summed E-state index contributed by atoms with van der Waals surface area (Å²) in [5.41, 5.74) is 0.802. The molecule has 0 aromatic heterocycles. The van der Waals surface area contributed by atoms with E-state index >= 15 is 0 Å². The Bertz CT molecular complexity index is 728. The zero-order valence-electron chi connectivity index (χ0n) is 13.1. The molecule has 0 bridgehead atoms. The van der Waals surface area contributed by atoms with Crippen LogP contribution in [-0.2, 0) is 31.6 Å². The third-order valence-electron chi connectivity index (χ3n) is 4.45. The van der Waals surface area contributed by atoms with Crippen molar-refractivity contribution in [3.63, 3.8) is 0 Å². The minimum atomic E-state index is -1.41. The minimum absolute atomic E-state index is 0.107. The molecule has 2 fully saturated rings. The summed E-state index contributed by atoms with van der Waals surface area (Å²) in [5, 5.41) is 11.6. The number of carboxylic acids is 1. The van der Waals surface area contributed by atoms with Gasteiger partial charge in [0, 0.05) is 27.8 Å². The highest BCUT2D eigenvalue weighted by Crippen LogP contribution is 2.35. The molecule has 2 aliphatic rings. The van der Waals surface area contributed by atoms with Gasteiger partial charge in [-0.1, -0.05) is 46.3 Å². The average Bonchev–Trinajstić information content (AvgIpc) is 2.59. The fourth-order valence-electron chi connectivity index (χ4n) is 3.28. The molecule has 5 atom stereocenters. The van der Waals surface area contributed by atoms with Crippen LogP contribution in [0.5, 0.6) is 0 Å². The molecule has 2 saturated heterocycles. The number of carbonyl (C=O) groups excluding carboxylic acids is 2. The first-order chi connectivity index (χ1) is 11.9. The molecule has 0 radical (unpaired) electrons. The standard InChI is InChI=1S/C16H17BrN2O5S/c17-7-10-8-25(24)15-12(14(21)19(15)13(10)16(22)23)18-11(20)6-9-4-2-1-3-5-9/h1-5,10,12-13,15H,6-8H2,(H,18,20)(H,22,23)/t10?,12-,13-,15-,25?/m1/s1. The number of amides is 2. The Hall–Kier alpha value is -1.74. The van der Waals surface area contributed by atoms with Crippen LogP contribution in [0, 0.1) is 5.92 Å². The first kappa shape index (κ1) is 18.1. The van der Waals surface area contributed by atoms with Gasteiger partial charge in [0.25, 0.3) is 0 Å². The molecule has 9 heteroatoms. The Balaban J connectivity index is 1.71. The monoisotopic (exact) mass is 428 g/mol. The van der Waals surface area contributed by atoms with Crippen molar-refractivity contribution in [3.05, 3.63) is 35.9 Å². The SMILES string of the molecule is O=C(Cc1ccccc1)N[C@@H]1C(=O)N2[C@@H]1S(=O)CC(CBr)[C@@H]2C(=O)O. The zero-order valence-corrected chi connectivity index (χ0v) is 15.5. The van der Waals surface area contributed by atoms with Crippen LogP contribution in [0.3, 0.4) is 0 Å². The number of nitrogens with one attached hydrogen (secondary N) is 1. The summed E-state index contributed by atoms with van der Waals surface area (Å²) in [6.07, 6.45) is 0.107. The van der Waals surface area contributed by atoms with Gasteiger partial charge in [0.15, 0.2) is 0 Å². The van der Waals surface area contributed by atoms with E-state index in [1.165, 1.54) is 0 Å². The van der Waals surface area contributed by atoms with Crippen molar-refractivity contribution in [1.29, 1.82) is 0 Å². The van der Waals surface area contributed by atoms with Crippen molar-refractivity contribution in [3.8, 4) is 0 Å². The van der Waals surface area contributed by atoms with E-state index in [4.69, 9.17) is 0 Å². The van der Waals surface area contributed by atoms with Crippen molar-refractivity contribution in [1.82, 2.24) is 10.2 Å². The lowest BCUT2D eigenvalue weighted by Gasteiger charge is -2.53. The molecular formula is C16H17BrN2O5S. The van der Waals surface area contributed by atoms with Crippen LogP contribution in [0.15, 0.2) is 30.3 Å². The maximum Gasteiger partial charge on any atom is 0.326 e. The Labute approximate surface area is 155 Å². The fourth-order valence-corrected chi connectivity index (χ4v) is 6.06. The molecule has 7 nitrogen and oxygen atoms in total. The van der Waals surface area contributed by atoms with Gasteiger partial charge in [-0.2, -0.15) is 0 Å². The number of hydrogen-bond donors (Lipinski definition) is 2. The number of alkyl halides is 1. The summed E-state index contributed by atoms with van der Waals surface area (Å²) in [6.45, 7) is 0. The Morgan fingerprint density at radius 3 is 2.60 bits per heavy atom. The molecule has 0 spiro atoms. The van der Waals surface area contributed by atoms with Gasteiger partial charge >= 0.3 is 5.97 Å². The first-order valence-corrected chi connectivity index (χ1v) is 10.3. The van der Waals surface area contributed by atoms with Gasteiger partial charge in [0.1, 0.15) is 17.5 Å². The van der Waals surface area contributed by atoms with E-state index in [2.05, 4.69) is 21.2 Å². The molecule has 1 aromatic carbocycles. The minimum Gasteiger partial charge on any atom is -0.480 e. The van der Waals surface area contributed by atoms with E-state index in [0.717, 1.165) is 10.5 Å². The van der Waals surface area contributed by atoms with Crippen LogP contribution >= 0.6 is 15.9 Å². The largest absolute Gasteiger partial charge is 0.480 e. The Kier molecular flexibility index (Phi) is 5.24. The molecule has 3 rings (SSSR count). The zero-order chi connectivity index (χ0) is 18.1. The summed E-state index contributed by atoms with van der Waals surface area (Å²) < 4.78 is 12.4. The van der Waals surface area contributed by atoms with E-state index in [9.17, 15) is 23.7 Å². The van der Waals surface area contributed by atoms with Crippen molar-refractivity contribution >= 4 is 44.5 Å². The highest BCUT2D eigenvalue weighted by molar-refractivity contribution is 9.09. The molecular weight excluding hydrogens is 412 g/mol. The third-order valence-corrected chi connectivity index (χ3v) is 7.08. The molecule has 0 saturated carbocycles. The number of halogens is 1. The van der Waals surface area contributed by atoms with Crippen molar-refractivity contribution < 1.29 is 23.7 Å². The van der Waals surface area contributed by atoms with Gasteiger partial charge in [-0.3, -0.25) is 13.8 Å². The molecule has 1 aromatic rings. The van der Waals surface area contributed by atoms with Crippen LogP contribution in [0.4, 0.5) is 0 Å². The van der Waals surface area contributed by atoms with E-state index in [1.54, 1.807) is 12.1 Å². The van der Waals surface area contributed by atoms with Gasteiger partial charge in [-0.05, 0) is 5.56 Å². The lowest BCUT2D eigenvalue weighted by atomic mass is 9.94. The van der Waals surface area contributed by atoms with Gasteiger partial charge in [0.2, 0.25) is 11.8 Å². The Morgan fingerprint density at radius 2 is 2.00 bits per heavy atom. The predicted octanol–water partition coefficient (Wildman–Crippen LogP) is 0.109. The molecule has 134 valence electrons. The fraction of sp³-hybridized carbons (Fsp3) is 0.438. The molecule has 0 aliphatic carbocycles.